The Kier molecular flexibility index (Phi) is 8.44. The number of hydrogen-bond donors (Lipinski definition) is 1. The first kappa shape index (κ1) is 28.7. The number of likely N-dealkylation sites (N-methyl/N-ethyl adjacent to an activating group) is 1. The third kappa shape index (κ3) is 5.44. The summed E-state index contributed by atoms with van der Waals surface area (Å²) in [6.07, 6.45) is 12.5. The van der Waals surface area contributed by atoms with Crippen molar-refractivity contribution in [2.45, 2.75) is 99.8 Å². The number of carbonyl (C=O) groups is 1. The minimum Gasteiger partial charge on any atom is -0.497 e. The first-order chi connectivity index (χ1) is 19.9. The molecule has 222 valence electrons. The van der Waals surface area contributed by atoms with Crippen LogP contribution in [0, 0.1) is 5.92 Å². The number of likely N-dealkylation sites (tertiary alicyclic amines) is 1. The van der Waals surface area contributed by atoms with E-state index in [0.29, 0.717) is 17.5 Å². The number of ether oxygens (including phenoxy) is 2. The molecule has 4 bridgehead atoms. The predicted octanol–water partition coefficient (Wildman–Crippen LogP) is 5.31. The molecule has 7 rings (SSSR count). The van der Waals surface area contributed by atoms with Crippen LogP contribution in [0.5, 0.6) is 5.75 Å². The molecule has 6 nitrogen and oxygen atoms in total. The van der Waals surface area contributed by atoms with Crippen LogP contribution in [0.4, 0.5) is 0 Å². The zero-order valence-electron chi connectivity index (χ0n) is 25.1. The lowest BCUT2D eigenvalue weighted by molar-refractivity contribution is -0.155. The highest BCUT2D eigenvalue weighted by Crippen LogP contribution is 2.55. The molecule has 6 heteroatoms. The lowest BCUT2D eigenvalue weighted by atomic mass is 9.52. The van der Waals surface area contributed by atoms with Gasteiger partial charge in [0.25, 0.3) is 0 Å². The van der Waals surface area contributed by atoms with E-state index in [2.05, 4.69) is 42.1 Å². The molecule has 0 spiro atoms. The number of aliphatic hydroxyl groups is 1. The number of hydrogen-bond acceptors (Lipinski definition) is 6. The summed E-state index contributed by atoms with van der Waals surface area (Å²) in [4.78, 5) is 17.4. The molecule has 2 aromatic rings. The molecule has 0 radical (unpaired) electrons. The Morgan fingerprint density at radius 1 is 1.02 bits per heavy atom. The van der Waals surface area contributed by atoms with Crippen molar-refractivity contribution in [2.75, 3.05) is 34.4 Å². The molecule has 41 heavy (non-hydrogen) atoms. The van der Waals surface area contributed by atoms with Gasteiger partial charge in [0.15, 0.2) is 0 Å². The molecule has 1 saturated carbocycles. The van der Waals surface area contributed by atoms with Gasteiger partial charge in [0.2, 0.25) is 0 Å². The number of esters is 1. The van der Waals surface area contributed by atoms with Crippen LogP contribution in [0.3, 0.4) is 0 Å². The van der Waals surface area contributed by atoms with Gasteiger partial charge in [0.05, 0.1) is 13.7 Å². The zero-order valence-corrected chi connectivity index (χ0v) is 25.1. The fourth-order valence-corrected chi connectivity index (χ4v) is 9.01. The maximum absolute atomic E-state index is 12.4. The zero-order chi connectivity index (χ0) is 28.6. The summed E-state index contributed by atoms with van der Waals surface area (Å²) in [5.74, 6) is 1.05. The van der Waals surface area contributed by atoms with Gasteiger partial charge in [-0.1, -0.05) is 49.2 Å². The monoisotopic (exact) mass is 560 g/mol. The number of aliphatic hydroxyl groups excluding tert-OH is 1. The fraction of sp³-hybridized carbons (Fsp3) is 0.629. The van der Waals surface area contributed by atoms with Gasteiger partial charge >= 0.3 is 5.97 Å². The van der Waals surface area contributed by atoms with E-state index in [1.54, 1.807) is 18.2 Å². The number of nitrogens with zero attached hydrogens (tertiary/aromatic N) is 2. The minimum atomic E-state index is -0.566. The third-order valence-corrected chi connectivity index (χ3v) is 11.3. The van der Waals surface area contributed by atoms with E-state index in [1.807, 2.05) is 30.3 Å². The molecule has 3 heterocycles. The van der Waals surface area contributed by atoms with Crippen LogP contribution in [0.2, 0.25) is 0 Å². The molecule has 3 saturated heterocycles. The summed E-state index contributed by atoms with van der Waals surface area (Å²) in [6.45, 7) is 1.06. The Balaban J connectivity index is 0.000000148. The van der Waals surface area contributed by atoms with Crippen LogP contribution in [0.15, 0.2) is 48.5 Å². The van der Waals surface area contributed by atoms with E-state index in [4.69, 9.17) is 9.47 Å². The molecule has 3 aliphatic heterocycles. The van der Waals surface area contributed by atoms with Crippen molar-refractivity contribution in [2.24, 2.45) is 5.92 Å². The van der Waals surface area contributed by atoms with Gasteiger partial charge in [0, 0.05) is 23.5 Å². The Bertz CT molecular complexity index is 1190. The summed E-state index contributed by atoms with van der Waals surface area (Å²) in [5, 5.41) is 9.53. The van der Waals surface area contributed by atoms with Gasteiger partial charge in [-0.2, -0.15) is 0 Å². The molecular formula is C35H48N2O4. The first-order valence-corrected chi connectivity index (χ1v) is 15.9. The second kappa shape index (κ2) is 12.1. The molecule has 1 N–H and O–H groups in total. The van der Waals surface area contributed by atoms with Gasteiger partial charge < -0.3 is 24.4 Å². The van der Waals surface area contributed by atoms with Crippen molar-refractivity contribution in [3.8, 4) is 5.75 Å². The maximum Gasteiger partial charge on any atom is 0.316 e. The molecule has 5 aliphatic rings. The lowest BCUT2D eigenvalue weighted by Gasteiger charge is -2.58. The van der Waals surface area contributed by atoms with Crippen LogP contribution in [-0.4, -0.2) is 79.5 Å². The van der Waals surface area contributed by atoms with Crippen molar-refractivity contribution in [3.63, 3.8) is 0 Å². The van der Waals surface area contributed by atoms with Crippen LogP contribution in [0.25, 0.3) is 0 Å². The Morgan fingerprint density at radius 2 is 1.78 bits per heavy atom. The van der Waals surface area contributed by atoms with Gasteiger partial charge in [-0.25, -0.2) is 0 Å². The average molecular weight is 561 g/mol. The Labute approximate surface area is 246 Å². The number of piperidine rings is 2. The Hall–Kier alpha value is -2.41. The molecule has 2 aliphatic carbocycles. The topological polar surface area (TPSA) is 62.2 Å². The van der Waals surface area contributed by atoms with Crippen molar-refractivity contribution < 1.29 is 19.4 Å². The third-order valence-electron chi connectivity index (χ3n) is 11.3. The summed E-state index contributed by atoms with van der Waals surface area (Å²) < 4.78 is 11.2. The second-order valence-electron chi connectivity index (χ2n) is 13.3. The molecular weight excluding hydrogens is 512 g/mol. The highest BCUT2D eigenvalue weighted by Gasteiger charge is 2.53. The first-order valence-electron chi connectivity index (χ1n) is 15.9. The minimum absolute atomic E-state index is 0.00367. The quantitative estimate of drug-likeness (QED) is 0.500. The van der Waals surface area contributed by atoms with Crippen LogP contribution in [0.1, 0.15) is 80.4 Å². The highest BCUT2D eigenvalue weighted by atomic mass is 16.5. The van der Waals surface area contributed by atoms with Gasteiger partial charge in [0.1, 0.15) is 17.8 Å². The number of methoxy groups -OCH3 is 1. The average Bonchev–Trinajstić information content (AvgIpc) is 3.19. The van der Waals surface area contributed by atoms with Crippen LogP contribution in [-0.2, 0) is 21.4 Å². The van der Waals surface area contributed by atoms with Gasteiger partial charge in [-0.3, -0.25) is 4.79 Å². The molecule has 2 aromatic carbocycles. The largest absolute Gasteiger partial charge is 0.497 e. The Morgan fingerprint density at radius 3 is 2.49 bits per heavy atom. The van der Waals surface area contributed by atoms with E-state index >= 15 is 0 Å². The smallest absolute Gasteiger partial charge is 0.316 e. The van der Waals surface area contributed by atoms with Gasteiger partial charge in [-0.05, 0) is 107 Å². The highest BCUT2D eigenvalue weighted by molar-refractivity contribution is 5.78. The summed E-state index contributed by atoms with van der Waals surface area (Å²) >= 11 is 0. The second-order valence-corrected chi connectivity index (χ2v) is 13.3. The number of carbonyl (C=O) groups excluding carboxylic acids is 1. The summed E-state index contributed by atoms with van der Waals surface area (Å²) in [6, 6.07) is 18.1. The lowest BCUT2D eigenvalue weighted by Crippen LogP contribution is -2.59. The molecule has 4 fully saturated rings. The molecule has 7 atom stereocenters. The fourth-order valence-electron chi connectivity index (χ4n) is 9.01. The number of benzene rings is 2. The van der Waals surface area contributed by atoms with Crippen molar-refractivity contribution in [1.82, 2.24) is 9.80 Å². The van der Waals surface area contributed by atoms with E-state index < -0.39 is 5.92 Å². The standard InChI is InChI=1S/C18H25NO.C17H23NO3/c1-19-10-9-18-8-4-3-5-15(18)17(19)11-13-6-7-14(20-2)12-16(13)18;1-18-13-7-8-14(18)10-15(9-13)21-17(20)16(11-19)12-5-3-2-4-6-12/h6-7,12,15,17H,3-5,8-11H2,1-2H3;2-6,13-16,19H,7-11H2,1H3/t15-,17+,18+;13-,14+,15?,16?/m1./s1. The number of rotatable bonds is 5. The molecule has 0 amide bonds. The van der Waals surface area contributed by atoms with Gasteiger partial charge in [-0.15, -0.1) is 0 Å². The summed E-state index contributed by atoms with van der Waals surface area (Å²) in [7, 11) is 6.29. The van der Waals surface area contributed by atoms with E-state index in [-0.39, 0.29) is 18.7 Å². The molecule has 2 unspecified atom stereocenters. The summed E-state index contributed by atoms with van der Waals surface area (Å²) in [5.41, 5.74) is 4.49. The van der Waals surface area contributed by atoms with E-state index in [9.17, 15) is 9.90 Å². The van der Waals surface area contributed by atoms with Crippen molar-refractivity contribution >= 4 is 5.97 Å². The van der Waals surface area contributed by atoms with Crippen molar-refractivity contribution in [3.05, 3.63) is 65.2 Å². The normalized spacial score (nSPS) is 33.0. The van der Waals surface area contributed by atoms with Crippen LogP contribution >= 0.6 is 0 Å². The van der Waals surface area contributed by atoms with E-state index in [0.717, 1.165) is 36.1 Å². The maximum atomic E-state index is 12.4. The van der Waals surface area contributed by atoms with E-state index in [1.165, 1.54) is 57.9 Å². The number of fused-ring (bicyclic) bond motifs is 3. The van der Waals surface area contributed by atoms with Crippen molar-refractivity contribution in [1.29, 1.82) is 0 Å². The molecule has 0 aromatic heterocycles. The predicted molar refractivity (Wildman–Crippen MR) is 161 cm³/mol. The van der Waals surface area contributed by atoms with Crippen LogP contribution < -0.4 is 4.74 Å². The SMILES string of the molecule is CN1[C@@H]2CC[C@H]1CC(OC(=O)C(CO)c1ccccc1)C2.COc1ccc2c(c1)[C@]13CCCC[C@@H]1[C@H](C2)N(C)CC3.